The van der Waals surface area contributed by atoms with Crippen LogP contribution in [0.5, 0.6) is 5.75 Å². The molecule has 5 nitrogen and oxygen atoms in total. The van der Waals surface area contributed by atoms with E-state index >= 15 is 0 Å². The van der Waals surface area contributed by atoms with Crippen molar-refractivity contribution in [1.29, 1.82) is 0 Å². The molecular weight excluding hydrogens is 318 g/mol. The fourth-order valence-corrected chi connectivity index (χ4v) is 2.92. The Hall–Kier alpha value is -2.70. The number of amides is 1. The summed E-state index contributed by atoms with van der Waals surface area (Å²) in [5, 5.41) is 2.36. The third-order valence-corrected chi connectivity index (χ3v) is 4.05. The van der Waals surface area contributed by atoms with Crippen LogP contribution in [0.3, 0.4) is 0 Å². The number of carbonyl (C=O) groups excluding carboxylic acids is 1. The van der Waals surface area contributed by atoms with Gasteiger partial charge >= 0.3 is 0 Å². The van der Waals surface area contributed by atoms with Crippen molar-refractivity contribution in [2.45, 2.75) is 25.8 Å². The number of fused-ring (bicyclic) bond motifs is 1. The Bertz CT molecular complexity index is 862. The fourth-order valence-electron chi connectivity index (χ4n) is 2.92. The molecule has 0 fully saturated rings. The first kappa shape index (κ1) is 16.2. The number of carbonyl (C=O) groups is 1. The molecule has 2 aromatic rings. The second kappa shape index (κ2) is 6.43. The van der Waals surface area contributed by atoms with Crippen molar-refractivity contribution in [1.82, 2.24) is 4.57 Å². The average Bonchev–Trinajstić information content (AvgIpc) is 2.58. The van der Waals surface area contributed by atoms with E-state index in [1.165, 1.54) is 17.7 Å². The molecule has 0 spiro atoms. The third kappa shape index (κ3) is 2.89. The summed E-state index contributed by atoms with van der Waals surface area (Å²) in [7, 11) is 1.36. The minimum Gasteiger partial charge on any atom is -0.496 e. The summed E-state index contributed by atoms with van der Waals surface area (Å²) in [5.41, 5.74) is 0.234. The quantitative estimate of drug-likeness (QED) is 0.939. The lowest BCUT2D eigenvalue weighted by Gasteiger charge is -2.22. The normalized spacial score (nSPS) is 13.3. The van der Waals surface area contributed by atoms with Gasteiger partial charge in [0.2, 0.25) is 0 Å². The first-order valence-corrected chi connectivity index (χ1v) is 7.58. The Kier molecular flexibility index (Phi) is 4.33. The van der Waals surface area contributed by atoms with Gasteiger partial charge in [0, 0.05) is 24.4 Å². The molecule has 126 valence electrons. The molecule has 1 aliphatic rings. The Morgan fingerprint density at radius 3 is 2.79 bits per heavy atom. The van der Waals surface area contributed by atoms with Gasteiger partial charge in [0.1, 0.15) is 22.9 Å². The van der Waals surface area contributed by atoms with Crippen LogP contribution in [0.2, 0.25) is 0 Å². The van der Waals surface area contributed by atoms with Crippen molar-refractivity contribution >= 4 is 11.6 Å². The summed E-state index contributed by atoms with van der Waals surface area (Å²) < 4.78 is 33.7. The van der Waals surface area contributed by atoms with E-state index in [1.807, 2.05) is 0 Å². The SMILES string of the molecule is COc1cc(=O)n2c(c1C(=O)Nc1cc(F)ccc1F)CCCC2. The lowest BCUT2D eigenvalue weighted by atomic mass is 10.0. The standard InChI is InChI=1S/C17H16F2N2O3/c1-24-14-9-15(22)21-7-3-2-4-13(21)16(14)17(23)20-12-8-10(18)5-6-11(12)19/h5-6,8-9H,2-4,7H2,1H3,(H,20,23). The van der Waals surface area contributed by atoms with Crippen LogP contribution in [-0.4, -0.2) is 17.6 Å². The van der Waals surface area contributed by atoms with Crippen molar-refractivity contribution in [2.75, 3.05) is 12.4 Å². The van der Waals surface area contributed by atoms with Gasteiger partial charge in [0.05, 0.1) is 12.8 Å². The molecule has 1 N–H and O–H groups in total. The fraction of sp³-hybridized carbons (Fsp3) is 0.294. The van der Waals surface area contributed by atoms with E-state index in [2.05, 4.69) is 5.32 Å². The number of hydrogen-bond acceptors (Lipinski definition) is 3. The van der Waals surface area contributed by atoms with E-state index in [4.69, 9.17) is 4.74 Å². The van der Waals surface area contributed by atoms with Crippen LogP contribution in [0.25, 0.3) is 0 Å². The molecule has 1 aromatic carbocycles. The number of methoxy groups -OCH3 is 1. The molecule has 0 saturated carbocycles. The Morgan fingerprint density at radius 2 is 2.04 bits per heavy atom. The zero-order chi connectivity index (χ0) is 17.3. The number of pyridine rings is 1. The Morgan fingerprint density at radius 1 is 1.25 bits per heavy atom. The van der Waals surface area contributed by atoms with Gasteiger partial charge in [-0.2, -0.15) is 0 Å². The summed E-state index contributed by atoms with van der Waals surface area (Å²) in [5.74, 6) is -1.92. The lowest BCUT2D eigenvalue weighted by molar-refractivity contribution is 0.102. The maximum absolute atomic E-state index is 13.8. The van der Waals surface area contributed by atoms with Crippen molar-refractivity contribution in [2.24, 2.45) is 0 Å². The molecule has 0 saturated heterocycles. The van der Waals surface area contributed by atoms with Gasteiger partial charge in [-0.05, 0) is 31.4 Å². The average molecular weight is 334 g/mol. The molecule has 0 atom stereocenters. The van der Waals surface area contributed by atoms with Crippen LogP contribution in [0, 0.1) is 11.6 Å². The maximum atomic E-state index is 13.8. The van der Waals surface area contributed by atoms with Gasteiger partial charge in [-0.3, -0.25) is 9.59 Å². The van der Waals surface area contributed by atoms with Crippen LogP contribution in [0.4, 0.5) is 14.5 Å². The van der Waals surface area contributed by atoms with E-state index in [0.29, 0.717) is 18.7 Å². The molecule has 24 heavy (non-hydrogen) atoms. The number of rotatable bonds is 3. The molecule has 1 aromatic heterocycles. The zero-order valence-corrected chi connectivity index (χ0v) is 13.1. The molecular formula is C17H16F2N2O3. The molecule has 1 amide bonds. The second-order valence-corrected chi connectivity index (χ2v) is 5.56. The van der Waals surface area contributed by atoms with Crippen LogP contribution in [0.15, 0.2) is 29.1 Å². The van der Waals surface area contributed by atoms with Crippen molar-refractivity contribution in [3.8, 4) is 5.75 Å². The zero-order valence-electron chi connectivity index (χ0n) is 13.1. The topological polar surface area (TPSA) is 60.3 Å². The molecule has 3 rings (SSSR count). The molecule has 0 unspecified atom stereocenters. The van der Waals surface area contributed by atoms with E-state index < -0.39 is 17.5 Å². The van der Waals surface area contributed by atoms with Gasteiger partial charge in [-0.15, -0.1) is 0 Å². The molecule has 0 radical (unpaired) electrons. The number of anilines is 1. The highest BCUT2D eigenvalue weighted by Crippen LogP contribution is 2.26. The maximum Gasteiger partial charge on any atom is 0.261 e. The van der Waals surface area contributed by atoms with Gasteiger partial charge in [0.25, 0.3) is 11.5 Å². The largest absolute Gasteiger partial charge is 0.496 e. The van der Waals surface area contributed by atoms with Gasteiger partial charge in [0.15, 0.2) is 0 Å². The van der Waals surface area contributed by atoms with Crippen molar-refractivity contribution in [3.63, 3.8) is 0 Å². The molecule has 2 heterocycles. The number of nitrogens with one attached hydrogen (secondary N) is 1. The molecule has 0 bridgehead atoms. The first-order valence-electron chi connectivity index (χ1n) is 7.58. The highest BCUT2D eigenvalue weighted by molar-refractivity contribution is 6.07. The van der Waals surface area contributed by atoms with Gasteiger partial charge in [-0.1, -0.05) is 0 Å². The molecule has 7 heteroatoms. The Balaban J connectivity index is 2.06. The Labute approximate surface area is 136 Å². The highest BCUT2D eigenvalue weighted by Gasteiger charge is 2.24. The number of halogens is 2. The van der Waals surface area contributed by atoms with Crippen LogP contribution in [0.1, 0.15) is 28.9 Å². The van der Waals surface area contributed by atoms with Crippen LogP contribution < -0.4 is 15.6 Å². The summed E-state index contributed by atoms with van der Waals surface area (Å²) in [6, 6.07) is 4.05. The summed E-state index contributed by atoms with van der Waals surface area (Å²) in [6.07, 6.45) is 2.22. The van der Waals surface area contributed by atoms with Crippen LogP contribution in [-0.2, 0) is 13.0 Å². The van der Waals surface area contributed by atoms with E-state index in [9.17, 15) is 18.4 Å². The number of ether oxygens (including phenoxy) is 1. The lowest BCUT2D eigenvalue weighted by Crippen LogP contribution is -2.30. The van der Waals surface area contributed by atoms with Gasteiger partial charge in [-0.25, -0.2) is 8.78 Å². The van der Waals surface area contributed by atoms with Gasteiger partial charge < -0.3 is 14.6 Å². The predicted octanol–water partition coefficient (Wildman–Crippen LogP) is 2.72. The second-order valence-electron chi connectivity index (χ2n) is 5.56. The third-order valence-electron chi connectivity index (χ3n) is 4.05. The van der Waals surface area contributed by atoms with E-state index in [1.54, 1.807) is 0 Å². The number of aromatic nitrogens is 1. The monoisotopic (exact) mass is 334 g/mol. The predicted molar refractivity (Wildman–Crippen MR) is 84.5 cm³/mol. The number of nitrogens with zero attached hydrogens (tertiary/aromatic N) is 1. The van der Waals surface area contributed by atoms with E-state index in [0.717, 1.165) is 31.0 Å². The number of benzene rings is 1. The smallest absolute Gasteiger partial charge is 0.261 e. The van der Waals surface area contributed by atoms with Crippen molar-refractivity contribution < 1.29 is 18.3 Å². The molecule has 1 aliphatic heterocycles. The van der Waals surface area contributed by atoms with E-state index in [-0.39, 0.29) is 22.6 Å². The minimum atomic E-state index is -0.745. The summed E-state index contributed by atoms with van der Waals surface area (Å²) in [4.78, 5) is 24.8. The number of hydrogen-bond donors (Lipinski definition) is 1. The summed E-state index contributed by atoms with van der Waals surface area (Å²) >= 11 is 0. The van der Waals surface area contributed by atoms with Crippen LogP contribution >= 0.6 is 0 Å². The molecule has 0 aliphatic carbocycles. The highest BCUT2D eigenvalue weighted by atomic mass is 19.1. The first-order chi connectivity index (χ1) is 11.5. The van der Waals surface area contributed by atoms with Crippen molar-refractivity contribution in [3.05, 3.63) is 57.5 Å². The summed E-state index contributed by atoms with van der Waals surface area (Å²) in [6.45, 7) is 0.521. The minimum absolute atomic E-state index is 0.127.